The predicted octanol–water partition coefficient (Wildman–Crippen LogP) is 1.45. The molecule has 1 atom stereocenters. The third-order valence-electron chi connectivity index (χ3n) is 3.12. The normalized spacial score (nSPS) is 19.2. The maximum Gasteiger partial charge on any atom is 0.165 e. The van der Waals surface area contributed by atoms with Crippen LogP contribution in [0.5, 0.6) is 5.75 Å². The number of nitrogens with zero attached hydrogens (tertiary/aromatic N) is 1. The van der Waals surface area contributed by atoms with E-state index < -0.39 is 24.3 Å². The van der Waals surface area contributed by atoms with Crippen molar-refractivity contribution in [2.75, 3.05) is 32.9 Å². The Labute approximate surface area is 99.1 Å². The third-order valence-corrected chi connectivity index (χ3v) is 3.12. The van der Waals surface area contributed by atoms with Crippen LogP contribution in [0.3, 0.4) is 0 Å². The monoisotopic (exact) mass is 242 g/mol. The predicted molar refractivity (Wildman–Crippen MR) is 61.2 cm³/mol. The standard InChI is InChI=1S/C12H16F2N2O/c13-8-11(16-6-4-15-5-7-16)9-2-1-3-10(14)12(9)17/h1-3,11,15,17H,4-8H2/t11-/m0/s1. The summed E-state index contributed by atoms with van der Waals surface area (Å²) in [5.74, 6) is -1.13. The molecule has 1 heterocycles. The minimum absolute atomic E-state index is 0.328. The first-order chi connectivity index (χ1) is 8.24. The van der Waals surface area contributed by atoms with Crippen LogP contribution in [-0.4, -0.2) is 42.9 Å². The summed E-state index contributed by atoms with van der Waals surface area (Å²) in [5, 5.41) is 12.8. The molecule has 2 N–H and O–H groups in total. The quantitative estimate of drug-likeness (QED) is 0.842. The molecular formula is C12H16F2N2O. The van der Waals surface area contributed by atoms with Crippen LogP contribution in [0.1, 0.15) is 11.6 Å². The minimum atomic E-state index is -0.698. The largest absolute Gasteiger partial charge is 0.505 e. The second-order valence-corrected chi connectivity index (χ2v) is 4.13. The molecule has 17 heavy (non-hydrogen) atoms. The fourth-order valence-corrected chi connectivity index (χ4v) is 2.17. The Morgan fingerprint density at radius 2 is 2.06 bits per heavy atom. The number of phenolic OH excluding ortho intramolecular Hbond substituents is 1. The minimum Gasteiger partial charge on any atom is -0.505 e. The van der Waals surface area contributed by atoms with E-state index in [4.69, 9.17) is 0 Å². The van der Waals surface area contributed by atoms with E-state index in [1.807, 2.05) is 4.90 Å². The molecule has 1 aromatic rings. The highest BCUT2D eigenvalue weighted by molar-refractivity contribution is 5.36. The lowest BCUT2D eigenvalue weighted by atomic mass is 10.0. The van der Waals surface area contributed by atoms with Gasteiger partial charge in [-0.2, -0.15) is 0 Å². The Balaban J connectivity index is 2.24. The molecule has 0 bridgehead atoms. The number of para-hydroxylation sites is 1. The summed E-state index contributed by atoms with van der Waals surface area (Å²) >= 11 is 0. The highest BCUT2D eigenvalue weighted by atomic mass is 19.1. The summed E-state index contributed by atoms with van der Waals surface area (Å²) in [7, 11) is 0. The summed E-state index contributed by atoms with van der Waals surface area (Å²) in [6, 6.07) is 3.68. The molecule has 1 aromatic carbocycles. The first-order valence-corrected chi connectivity index (χ1v) is 5.72. The summed E-state index contributed by atoms with van der Waals surface area (Å²) in [6.07, 6.45) is 0. The van der Waals surface area contributed by atoms with Crippen molar-refractivity contribution in [1.82, 2.24) is 10.2 Å². The van der Waals surface area contributed by atoms with Crippen molar-refractivity contribution in [2.24, 2.45) is 0 Å². The summed E-state index contributed by atoms with van der Waals surface area (Å²) in [5.41, 5.74) is 0.328. The van der Waals surface area contributed by atoms with Crippen molar-refractivity contribution in [1.29, 1.82) is 0 Å². The van der Waals surface area contributed by atoms with Crippen LogP contribution in [-0.2, 0) is 0 Å². The molecule has 3 nitrogen and oxygen atoms in total. The molecule has 0 amide bonds. The van der Waals surface area contributed by atoms with Gasteiger partial charge in [0.2, 0.25) is 0 Å². The van der Waals surface area contributed by atoms with E-state index in [0.717, 1.165) is 13.1 Å². The zero-order chi connectivity index (χ0) is 12.3. The zero-order valence-electron chi connectivity index (χ0n) is 9.50. The first kappa shape index (κ1) is 12.3. The fraction of sp³-hybridized carbons (Fsp3) is 0.500. The lowest BCUT2D eigenvalue weighted by Gasteiger charge is -2.33. The van der Waals surface area contributed by atoms with Gasteiger partial charge in [-0.1, -0.05) is 12.1 Å². The maximum absolute atomic E-state index is 13.2. The lowest BCUT2D eigenvalue weighted by Crippen LogP contribution is -2.45. The smallest absolute Gasteiger partial charge is 0.165 e. The van der Waals surface area contributed by atoms with Crippen molar-refractivity contribution in [3.8, 4) is 5.75 Å². The summed E-state index contributed by atoms with van der Waals surface area (Å²) < 4.78 is 26.4. The molecule has 1 saturated heterocycles. The average Bonchev–Trinajstić information content (AvgIpc) is 2.37. The Kier molecular flexibility index (Phi) is 3.91. The molecule has 1 aliphatic heterocycles. The van der Waals surface area contributed by atoms with Crippen molar-refractivity contribution in [3.63, 3.8) is 0 Å². The number of aromatic hydroxyl groups is 1. The molecule has 1 fully saturated rings. The van der Waals surface area contributed by atoms with Gasteiger partial charge in [0, 0.05) is 31.7 Å². The number of piperazine rings is 1. The maximum atomic E-state index is 13.2. The van der Waals surface area contributed by atoms with Gasteiger partial charge >= 0.3 is 0 Å². The number of phenols is 1. The second-order valence-electron chi connectivity index (χ2n) is 4.13. The number of hydrogen-bond donors (Lipinski definition) is 2. The van der Waals surface area contributed by atoms with Crippen molar-refractivity contribution in [3.05, 3.63) is 29.6 Å². The molecule has 0 spiro atoms. The Hall–Kier alpha value is -1.20. The third kappa shape index (κ3) is 2.56. The van der Waals surface area contributed by atoms with Gasteiger partial charge < -0.3 is 10.4 Å². The van der Waals surface area contributed by atoms with Crippen LogP contribution in [0.15, 0.2) is 18.2 Å². The molecule has 0 radical (unpaired) electrons. The summed E-state index contributed by atoms with van der Waals surface area (Å²) in [4.78, 5) is 1.92. The molecule has 0 unspecified atom stereocenters. The van der Waals surface area contributed by atoms with Gasteiger partial charge in [-0.15, -0.1) is 0 Å². The Morgan fingerprint density at radius 3 is 2.71 bits per heavy atom. The molecule has 2 rings (SSSR count). The molecule has 1 aliphatic rings. The highest BCUT2D eigenvalue weighted by Crippen LogP contribution is 2.31. The van der Waals surface area contributed by atoms with Crippen LogP contribution in [0.2, 0.25) is 0 Å². The number of nitrogens with one attached hydrogen (secondary N) is 1. The number of hydrogen-bond acceptors (Lipinski definition) is 3. The van der Waals surface area contributed by atoms with Crippen LogP contribution in [0.25, 0.3) is 0 Å². The van der Waals surface area contributed by atoms with E-state index in [-0.39, 0.29) is 0 Å². The highest BCUT2D eigenvalue weighted by Gasteiger charge is 2.25. The topological polar surface area (TPSA) is 35.5 Å². The number of benzene rings is 1. The SMILES string of the molecule is Oc1c(F)cccc1[C@H](CF)N1CCNCC1. The molecule has 0 saturated carbocycles. The van der Waals surface area contributed by atoms with Crippen LogP contribution in [0, 0.1) is 5.82 Å². The van der Waals surface area contributed by atoms with Gasteiger partial charge in [-0.05, 0) is 6.07 Å². The summed E-state index contributed by atoms with van der Waals surface area (Å²) in [6.45, 7) is 2.34. The van der Waals surface area contributed by atoms with E-state index >= 15 is 0 Å². The van der Waals surface area contributed by atoms with Gasteiger partial charge in [-0.3, -0.25) is 4.90 Å². The Bertz CT molecular complexity index is 381. The molecule has 94 valence electrons. The zero-order valence-corrected chi connectivity index (χ0v) is 9.50. The number of rotatable bonds is 3. The van der Waals surface area contributed by atoms with Gasteiger partial charge in [-0.25, -0.2) is 8.78 Å². The van der Waals surface area contributed by atoms with Gasteiger partial charge in [0.25, 0.3) is 0 Å². The van der Waals surface area contributed by atoms with Gasteiger partial charge in [0.1, 0.15) is 6.67 Å². The number of alkyl halides is 1. The van der Waals surface area contributed by atoms with Crippen molar-refractivity contribution >= 4 is 0 Å². The Morgan fingerprint density at radius 1 is 1.35 bits per heavy atom. The average molecular weight is 242 g/mol. The van der Waals surface area contributed by atoms with Crippen molar-refractivity contribution in [2.45, 2.75) is 6.04 Å². The van der Waals surface area contributed by atoms with Gasteiger partial charge in [0.05, 0.1) is 6.04 Å². The molecule has 0 aromatic heterocycles. The molecule has 5 heteroatoms. The van der Waals surface area contributed by atoms with E-state index in [1.54, 1.807) is 6.07 Å². The van der Waals surface area contributed by atoms with E-state index in [2.05, 4.69) is 5.32 Å². The fourth-order valence-electron chi connectivity index (χ4n) is 2.17. The van der Waals surface area contributed by atoms with Crippen LogP contribution in [0.4, 0.5) is 8.78 Å². The lowest BCUT2D eigenvalue weighted by molar-refractivity contribution is 0.144. The molecule has 0 aliphatic carbocycles. The van der Waals surface area contributed by atoms with Crippen molar-refractivity contribution < 1.29 is 13.9 Å². The van der Waals surface area contributed by atoms with E-state index in [9.17, 15) is 13.9 Å². The second kappa shape index (κ2) is 5.42. The van der Waals surface area contributed by atoms with E-state index in [0.29, 0.717) is 18.7 Å². The van der Waals surface area contributed by atoms with Crippen LogP contribution < -0.4 is 5.32 Å². The van der Waals surface area contributed by atoms with E-state index in [1.165, 1.54) is 12.1 Å². The van der Waals surface area contributed by atoms with Crippen LogP contribution >= 0.6 is 0 Å². The van der Waals surface area contributed by atoms with Gasteiger partial charge in [0.15, 0.2) is 11.6 Å². The number of halogens is 2. The molecular weight excluding hydrogens is 226 g/mol. The first-order valence-electron chi connectivity index (χ1n) is 5.72.